The standard InChI is InChI=1S/C21H31N5O/c1-5-25(6-2)20(17(3)4)14-22-21(27)13-12-19-16-26(24-23-19)15-18-10-8-7-9-11-18/h7-13,16-17,20H,5-6,14-15H2,1-4H3,(H,22,27)/b13-12+. The second-order valence-electron chi connectivity index (χ2n) is 6.94. The first-order valence-electron chi connectivity index (χ1n) is 9.67. The van der Waals surface area contributed by atoms with E-state index in [9.17, 15) is 4.79 Å². The van der Waals surface area contributed by atoms with E-state index < -0.39 is 0 Å². The third-order valence-corrected chi connectivity index (χ3v) is 4.69. The molecular weight excluding hydrogens is 338 g/mol. The van der Waals surface area contributed by atoms with Crippen molar-refractivity contribution in [3.63, 3.8) is 0 Å². The van der Waals surface area contributed by atoms with Crippen LogP contribution < -0.4 is 5.32 Å². The van der Waals surface area contributed by atoms with Gasteiger partial charge in [-0.2, -0.15) is 0 Å². The highest BCUT2D eigenvalue weighted by Gasteiger charge is 2.19. The molecule has 6 heteroatoms. The third kappa shape index (κ3) is 6.64. The molecule has 2 aromatic rings. The Labute approximate surface area is 162 Å². The number of nitrogens with one attached hydrogen (secondary N) is 1. The molecule has 6 nitrogen and oxygen atoms in total. The zero-order valence-electron chi connectivity index (χ0n) is 16.8. The van der Waals surface area contributed by atoms with Gasteiger partial charge in [0.25, 0.3) is 0 Å². The van der Waals surface area contributed by atoms with E-state index in [1.54, 1.807) is 10.8 Å². The molecule has 0 aliphatic carbocycles. The number of likely N-dealkylation sites (N-methyl/N-ethyl adjacent to an activating group) is 1. The maximum atomic E-state index is 12.2. The van der Waals surface area contributed by atoms with Crippen LogP contribution in [0.25, 0.3) is 6.08 Å². The van der Waals surface area contributed by atoms with E-state index in [2.05, 4.69) is 48.2 Å². The van der Waals surface area contributed by atoms with Crippen LogP contribution in [0, 0.1) is 5.92 Å². The molecule has 0 aliphatic rings. The third-order valence-electron chi connectivity index (χ3n) is 4.69. The minimum atomic E-state index is -0.106. The number of rotatable bonds is 10. The van der Waals surface area contributed by atoms with Gasteiger partial charge in [0.15, 0.2) is 0 Å². The molecule has 0 fully saturated rings. The molecule has 1 aromatic carbocycles. The van der Waals surface area contributed by atoms with E-state index >= 15 is 0 Å². The average Bonchev–Trinajstić information content (AvgIpc) is 3.11. The number of aromatic nitrogens is 3. The fourth-order valence-corrected chi connectivity index (χ4v) is 3.14. The van der Waals surface area contributed by atoms with Gasteiger partial charge in [-0.1, -0.05) is 63.2 Å². The molecule has 0 spiro atoms. The minimum absolute atomic E-state index is 0.106. The predicted molar refractivity (Wildman–Crippen MR) is 109 cm³/mol. The molecule has 1 atom stereocenters. The van der Waals surface area contributed by atoms with Gasteiger partial charge in [-0.25, -0.2) is 4.68 Å². The summed E-state index contributed by atoms with van der Waals surface area (Å²) in [7, 11) is 0. The quantitative estimate of drug-likeness (QED) is 0.654. The molecule has 0 saturated heterocycles. The second kappa shape index (κ2) is 10.6. The zero-order valence-corrected chi connectivity index (χ0v) is 16.8. The summed E-state index contributed by atoms with van der Waals surface area (Å²) in [6, 6.07) is 10.4. The number of nitrogens with zero attached hydrogens (tertiary/aromatic N) is 4. The lowest BCUT2D eigenvalue weighted by molar-refractivity contribution is -0.116. The smallest absolute Gasteiger partial charge is 0.244 e. The van der Waals surface area contributed by atoms with Crippen molar-refractivity contribution >= 4 is 12.0 Å². The molecule has 1 aromatic heterocycles. The van der Waals surface area contributed by atoms with Crippen LogP contribution in [0.5, 0.6) is 0 Å². The van der Waals surface area contributed by atoms with Gasteiger partial charge in [0.1, 0.15) is 5.69 Å². The highest BCUT2D eigenvalue weighted by molar-refractivity contribution is 5.91. The van der Waals surface area contributed by atoms with Crippen molar-refractivity contribution in [1.82, 2.24) is 25.2 Å². The lowest BCUT2D eigenvalue weighted by Gasteiger charge is -2.32. The first kappa shape index (κ1) is 20.8. The molecule has 146 valence electrons. The summed E-state index contributed by atoms with van der Waals surface area (Å²) < 4.78 is 1.77. The zero-order chi connectivity index (χ0) is 19.6. The van der Waals surface area contributed by atoms with Gasteiger partial charge >= 0.3 is 0 Å². The van der Waals surface area contributed by atoms with Crippen LogP contribution in [0.15, 0.2) is 42.6 Å². The Hall–Kier alpha value is -2.47. The van der Waals surface area contributed by atoms with Gasteiger partial charge in [0.2, 0.25) is 5.91 Å². The van der Waals surface area contributed by atoms with Crippen molar-refractivity contribution in [3.8, 4) is 0 Å². The number of hydrogen-bond acceptors (Lipinski definition) is 4. The van der Waals surface area contributed by atoms with E-state index in [0.29, 0.717) is 30.7 Å². The Morgan fingerprint density at radius 3 is 2.56 bits per heavy atom. The van der Waals surface area contributed by atoms with Gasteiger partial charge < -0.3 is 5.32 Å². The molecule has 0 saturated carbocycles. The van der Waals surface area contributed by atoms with Crippen LogP contribution >= 0.6 is 0 Å². The second-order valence-corrected chi connectivity index (χ2v) is 6.94. The molecule has 0 bridgehead atoms. The Balaban J connectivity index is 1.87. The average molecular weight is 370 g/mol. The van der Waals surface area contributed by atoms with Crippen LogP contribution in [-0.2, 0) is 11.3 Å². The lowest BCUT2D eigenvalue weighted by Crippen LogP contribution is -2.46. The van der Waals surface area contributed by atoms with Crippen molar-refractivity contribution < 1.29 is 4.79 Å². The summed E-state index contributed by atoms with van der Waals surface area (Å²) >= 11 is 0. The van der Waals surface area contributed by atoms with E-state index in [1.165, 1.54) is 6.08 Å². The maximum Gasteiger partial charge on any atom is 0.244 e. The summed E-state index contributed by atoms with van der Waals surface area (Å²) in [6.45, 7) is 12.0. The van der Waals surface area contributed by atoms with E-state index in [0.717, 1.165) is 18.7 Å². The van der Waals surface area contributed by atoms with E-state index in [1.807, 2.05) is 36.5 Å². The van der Waals surface area contributed by atoms with Crippen molar-refractivity contribution in [2.45, 2.75) is 40.3 Å². The number of hydrogen-bond donors (Lipinski definition) is 1. The number of carbonyl (C=O) groups excluding carboxylic acids is 1. The fraction of sp³-hybridized carbons (Fsp3) is 0.476. The van der Waals surface area contributed by atoms with E-state index in [-0.39, 0.29) is 5.91 Å². The molecular formula is C21H31N5O. The Morgan fingerprint density at radius 2 is 1.93 bits per heavy atom. The van der Waals surface area contributed by atoms with Crippen LogP contribution in [0.1, 0.15) is 39.0 Å². The molecule has 0 aliphatic heterocycles. The largest absolute Gasteiger partial charge is 0.351 e. The topological polar surface area (TPSA) is 63.1 Å². The van der Waals surface area contributed by atoms with E-state index in [4.69, 9.17) is 0 Å². The van der Waals surface area contributed by atoms with Crippen LogP contribution in [-0.4, -0.2) is 51.5 Å². The molecule has 27 heavy (non-hydrogen) atoms. The van der Waals surface area contributed by atoms with Gasteiger partial charge in [-0.3, -0.25) is 9.69 Å². The molecule has 1 unspecified atom stereocenters. The maximum absolute atomic E-state index is 12.2. The van der Waals surface area contributed by atoms with Crippen LogP contribution in [0.3, 0.4) is 0 Å². The predicted octanol–water partition coefficient (Wildman–Crippen LogP) is 2.82. The number of amides is 1. The highest BCUT2D eigenvalue weighted by Crippen LogP contribution is 2.09. The van der Waals surface area contributed by atoms with Gasteiger partial charge in [0.05, 0.1) is 12.7 Å². The highest BCUT2D eigenvalue weighted by atomic mass is 16.1. The van der Waals surface area contributed by atoms with Gasteiger partial charge in [0, 0.05) is 18.7 Å². The summed E-state index contributed by atoms with van der Waals surface area (Å²) in [6.07, 6.45) is 5.06. The summed E-state index contributed by atoms with van der Waals surface area (Å²) in [5.41, 5.74) is 1.83. The van der Waals surface area contributed by atoms with Crippen LogP contribution in [0.2, 0.25) is 0 Å². The monoisotopic (exact) mass is 369 g/mol. The number of carbonyl (C=O) groups is 1. The molecule has 1 heterocycles. The van der Waals surface area contributed by atoms with Crippen molar-refractivity contribution in [1.29, 1.82) is 0 Å². The first-order valence-corrected chi connectivity index (χ1v) is 9.67. The Kier molecular flexibility index (Phi) is 8.20. The van der Waals surface area contributed by atoms with Crippen molar-refractivity contribution in [3.05, 3.63) is 53.9 Å². The Morgan fingerprint density at radius 1 is 1.22 bits per heavy atom. The molecule has 1 N–H and O–H groups in total. The normalized spacial score (nSPS) is 12.8. The van der Waals surface area contributed by atoms with Gasteiger partial charge in [-0.15, -0.1) is 5.10 Å². The minimum Gasteiger partial charge on any atom is -0.351 e. The number of benzene rings is 1. The Bertz CT molecular complexity index is 719. The van der Waals surface area contributed by atoms with Crippen LogP contribution in [0.4, 0.5) is 0 Å². The molecule has 2 rings (SSSR count). The van der Waals surface area contributed by atoms with Crippen molar-refractivity contribution in [2.24, 2.45) is 5.92 Å². The molecule has 0 radical (unpaired) electrons. The SMILES string of the molecule is CCN(CC)C(CNC(=O)/C=C/c1cn(Cc2ccccc2)nn1)C(C)C. The first-order chi connectivity index (χ1) is 13.0. The van der Waals surface area contributed by atoms with Gasteiger partial charge in [-0.05, 0) is 30.6 Å². The fourth-order valence-electron chi connectivity index (χ4n) is 3.14. The lowest BCUT2D eigenvalue weighted by atomic mass is 10.0. The summed E-state index contributed by atoms with van der Waals surface area (Å²) in [5.74, 6) is 0.373. The molecule has 1 amide bonds. The summed E-state index contributed by atoms with van der Waals surface area (Å²) in [5, 5.41) is 11.2. The summed E-state index contributed by atoms with van der Waals surface area (Å²) in [4.78, 5) is 14.5. The van der Waals surface area contributed by atoms with Crippen molar-refractivity contribution in [2.75, 3.05) is 19.6 Å².